The van der Waals surface area contributed by atoms with E-state index in [4.69, 9.17) is 0 Å². The SMILES string of the molecule is O=C(C[C@H]1CCC[C@]2(CCN(c3ccc(F)cn3)C2=O)C1)c1cccc(F)n1. The molecule has 146 valence electrons. The van der Waals surface area contributed by atoms with Gasteiger partial charge in [0.1, 0.15) is 17.3 Å². The van der Waals surface area contributed by atoms with Crippen LogP contribution in [0.25, 0.3) is 0 Å². The van der Waals surface area contributed by atoms with E-state index in [-0.39, 0.29) is 29.7 Å². The maximum absolute atomic E-state index is 13.3. The molecule has 1 spiro atoms. The number of amides is 1. The standard InChI is InChI=1S/C21H21F2N3O2/c22-15-6-7-19(24-13-15)26-10-9-21(20(26)28)8-2-3-14(12-21)11-17(27)16-4-1-5-18(23)25-16/h1,4-7,13-14H,2-3,8-12H2/t14-,21+/m1/s1. The van der Waals surface area contributed by atoms with E-state index in [0.717, 1.165) is 25.5 Å². The second-order valence-electron chi connectivity index (χ2n) is 7.76. The third-order valence-electron chi connectivity index (χ3n) is 5.92. The van der Waals surface area contributed by atoms with Crippen molar-refractivity contribution in [1.82, 2.24) is 9.97 Å². The largest absolute Gasteiger partial charge is 0.296 e. The van der Waals surface area contributed by atoms with Gasteiger partial charge in [-0.05, 0) is 55.9 Å². The van der Waals surface area contributed by atoms with E-state index in [1.54, 1.807) is 4.90 Å². The van der Waals surface area contributed by atoms with Gasteiger partial charge in [-0.3, -0.25) is 14.5 Å². The highest BCUT2D eigenvalue weighted by atomic mass is 19.1. The molecule has 2 aromatic heterocycles. The lowest BCUT2D eigenvalue weighted by Crippen LogP contribution is -2.39. The van der Waals surface area contributed by atoms with Crippen molar-refractivity contribution in [3.8, 4) is 0 Å². The van der Waals surface area contributed by atoms with E-state index in [1.165, 1.54) is 30.3 Å². The van der Waals surface area contributed by atoms with Crippen molar-refractivity contribution in [2.24, 2.45) is 11.3 Å². The molecule has 4 rings (SSSR count). The number of carbonyl (C=O) groups excluding carboxylic acids is 2. The number of pyridine rings is 2. The fourth-order valence-corrected chi connectivity index (χ4v) is 4.58. The second kappa shape index (κ2) is 7.37. The van der Waals surface area contributed by atoms with Gasteiger partial charge in [0.2, 0.25) is 11.9 Å². The van der Waals surface area contributed by atoms with E-state index in [9.17, 15) is 18.4 Å². The topological polar surface area (TPSA) is 63.2 Å². The lowest BCUT2D eigenvalue weighted by Gasteiger charge is -2.36. The van der Waals surface area contributed by atoms with Crippen molar-refractivity contribution >= 4 is 17.5 Å². The van der Waals surface area contributed by atoms with Crippen LogP contribution in [0.5, 0.6) is 0 Å². The van der Waals surface area contributed by atoms with Crippen LogP contribution in [0.1, 0.15) is 49.0 Å². The van der Waals surface area contributed by atoms with Crippen LogP contribution in [-0.2, 0) is 4.79 Å². The number of ketones is 1. The zero-order valence-electron chi connectivity index (χ0n) is 15.4. The van der Waals surface area contributed by atoms with Gasteiger partial charge in [-0.15, -0.1) is 0 Å². The Labute approximate surface area is 161 Å². The van der Waals surface area contributed by atoms with Gasteiger partial charge in [-0.1, -0.05) is 12.5 Å². The van der Waals surface area contributed by atoms with Gasteiger partial charge in [0.25, 0.3) is 0 Å². The number of Topliss-reactive ketones (excluding diaryl/α,β-unsaturated/α-hetero) is 1. The number of halogens is 2. The Kier molecular flexibility index (Phi) is 4.91. The molecule has 0 unspecified atom stereocenters. The van der Waals surface area contributed by atoms with Crippen LogP contribution < -0.4 is 4.90 Å². The van der Waals surface area contributed by atoms with Crippen molar-refractivity contribution in [2.45, 2.75) is 38.5 Å². The first-order valence-electron chi connectivity index (χ1n) is 9.56. The number of carbonyl (C=O) groups is 2. The molecule has 28 heavy (non-hydrogen) atoms. The van der Waals surface area contributed by atoms with Crippen LogP contribution in [0.15, 0.2) is 36.5 Å². The molecular formula is C21H21F2N3O2. The van der Waals surface area contributed by atoms with Crippen molar-refractivity contribution in [1.29, 1.82) is 0 Å². The van der Waals surface area contributed by atoms with E-state index >= 15 is 0 Å². The predicted molar refractivity (Wildman–Crippen MR) is 98.7 cm³/mol. The monoisotopic (exact) mass is 385 g/mol. The summed E-state index contributed by atoms with van der Waals surface area (Å²) in [5, 5.41) is 0. The van der Waals surface area contributed by atoms with E-state index in [1.807, 2.05) is 0 Å². The van der Waals surface area contributed by atoms with Gasteiger partial charge >= 0.3 is 0 Å². The highest BCUT2D eigenvalue weighted by Gasteiger charge is 2.49. The molecule has 2 fully saturated rings. The Bertz CT molecular complexity index is 903. The molecule has 2 atom stereocenters. The number of aromatic nitrogens is 2. The average Bonchev–Trinajstić information content (AvgIpc) is 2.98. The molecular weight excluding hydrogens is 364 g/mol. The average molecular weight is 385 g/mol. The molecule has 0 bridgehead atoms. The van der Waals surface area contributed by atoms with Crippen LogP contribution in [0.3, 0.4) is 0 Å². The Morgan fingerprint density at radius 3 is 2.82 bits per heavy atom. The Morgan fingerprint density at radius 1 is 1.21 bits per heavy atom. The quantitative estimate of drug-likeness (QED) is 0.591. The first-order valence-corrected chi connectivity index (χ1v) is 9.56. The maximum atomic E-state index is 13.3. The number of nitrogens with zero attached hydrogens (tertiary/aromatic N) is 3. The van der Waals surface area contributed by atoms with Crippen LogP contribution in [-0.4, -0.2) is 28.2 Å². The number of hydrogen-bond donors (Lipinski definition) is 0. The van der Waals surface area contributed by atoms with Gasteiger partial charge in [0.05, 0.1) is 11.6 Å². The van der Waals surface area contributed by atoms with Gasteiger partial charge < -0.3 is 0 Å². The third kappa shape index (κ3) is 3.53. The molecule has 2 aliphatic rings. The highest BCUT2D eigenvalue weighted by Crippen LogP contribution is 2.48. The summed E-state index contributed by atoms with van der Waals surface area (Å²) in [6.07, 6.45) is 5.23. The molecule has 2 aromatic rings. The molecule has 1 saturated heterocycles. The zero-order valence-corrected chi connectivity index (χ0v) is 15.4. The van der Waals surface area contributed by atoms with E-state index in [0.29, 0.717) is 25.2 Å². The van der Waals surface area contributed by atoms with Gasteiger partial charge in [-0.25, -0.2) is 14.4 Å². The Balaban J connectivity index is 1.46. The lowest BCUT2D eigenvalue weighted by molar-refractivity contribution is -0.128. The summed E-state index contributed by atoms with van der Waals surface area (Å²) in [6.45, 7) is 0.545. The van der Waals surface area contributed by atoms with Crippen LogP contribution in [0.2, 0.25) is 0 Å². The van der Waals surface area contributed by atoms with Crippen molar-refractivity contribution < 1.29 is 18.4 Å². The molecule has 1 aliphatic heterocycles. The first kappa shape index (κ1) is 18.7. The van der Waals surface area contributed by atoms with Crippen LogP contribution in [0.4, 0.5) is 14.6 Å². The summed E-state index contributed by atoms with van der Waals surface area (Å²) in [6, 6.07) is 7.03. The maximum Gasteiger partial charge on any atom is 0.234 e. The molecule has 3 heterocycles. The number of rotatable bonds is 4. The third-order valence-corrected chi connectivity index (χ3v) is 5.92. The minimum atomic E-state index is -0.667. The second-order valence-corrected chi connectivity index (χ2v) is 7.76. The van der Waals surface area contributed by atoms with E-state index in [2.05, 4.69) is 9.97 Å². The number of anilines is 1. The Hall–Kier alpha value is -2.70. The predicted octanol–water partition coefficient (Wildman–Crippen LogP) is 3.94. The summed E-state index contributed by atoms with van der Waals surface area (Å²) < 4.78 is 26.4. The Morgan fingerprint density at radius 2 is 2.07 bits per heavy atom. The molecule has 0 aromatic carbocycles. The summed E-state index contributed by atoms with van der Waals surface area (Å²) in [5.74, 6) is -0.759. The van der Waals surface area contributed by atoms with Crippen molar-refractivity contribution in [2.75, 3.05) is 11.4 Å². The van der Waals surface area contributed by atoms with Gasteiger partial charge in [-0.2, -0.15) is 4.39 Å². The minimum Gasteiger partial charge on any atom is -0.296 e. The molecule has 0 radical (unpaired) electrons. The first-order chi connectivity index (χ1) is 13.5. The summed E-state index contributed by atoms with van der Waals surface area (Å²) in [4.78, 5) is 35.0. The van der Waals surface area contributed by atoms with Crippen LogP contribution >= 0.6 is 0 Å². The minimum absolute atomic E-state index is 0.00707. The lowest BCUT2D eigenvalue weighted by atomic mass is 9.67. The summed E-state index contributed by atoms with van der Waals surface area (Å²) in [5.41, 5.74) is -0.358. The molecule has 0 N–H and O–H groups in total. The molecule has 7 heteroatoms. The summed E-state index contributed by atoms with van der Waals surface area (Å²) >= 11 is 0. The van der Waals surface area contributed by atoms with Gasteiger partial charge in [0.15, 0.2) is 5.78 Å². The molecule has 1 amide bonds. The van der Waals surface area contributed by atoms with Gasteiger partial charge in [0, 0.05) is 13.0 Å². The zero-order chi connectivity index (χ0) is 19.7. The summed E-state index contributed by atoms with van der Waals surface area (Å²) in [7, 11) is 0. The fraction of sp³-hybridized carbons (Fsp3) is 0.429. The number of hydrogen-bond acceptors (Lipinski definition) is 4. The van der Waals surface area contributed by atoms with Crippen LogP contribution in [0, 0.1) is 23.1 Å². The fourth-order valence-electron chi connectivity index (χ4n) is 4.58. The van der Waals surface area contributed by atoms with Crippen molar-refractivity contribution in [3.63, 3.8) is 0 Å². The molecule has 1 aliphatic carbocycles. The highest BCUT2D eigenvalue weighted by molar-refractivity contribution is 5.99. The van der Waals surface area contributed by atoms with E-state index < -0.39 is 17.2 Å². The molecule has 1 saturated carbocycles. The smallest absolute Gasteiger partial charge is 0.234 e. The van der Waals surface area contributed by atoms with Crippen molar-refractivity contribution in [3.05, 3.63) is 54.0 Å². The normalized spacial score (nSPS) is 24.7. The molecule has 5 nitrogen and oxygen atoms in total.